The van der Waals surface area contributed by atoms with E-state index in [4.69, 9.17) is 0 Å². The zero-order valence-corrected chi connectivity index (χ0v) is 15.5. The number of carbonyl (C=O) groups is 2. The van der Waals surface area contributed by atoms with Crippen molar-refractivity contribution >= 4 is 27.6 Å². The third-order valence-corrected chi connectivity index (χ3v) is 5.63. The van der Waals surface area contributed by atoms with Crippen molar-refractivity contribution in [2.75, 3.05) is 11.4 Å². The Bertz CT molecular complexity index is 773. The number of anilines is 1. The molecule has 1 atom stereocenters. The lowest BCUT2D eigenvalue weighted by Crippen LogP contribution is -2.41. The first kappa shape index (κ1) is 19.4. The maximum absolute atomic E-state index is 12.5. The molecule has 0 fully saturated rings. The lowest BCUT2D eigenvalue weighted by atomic mass is 10.1. The Morgan fingerprint density at radius 1 is 1.32 bits per heavy atom. The van der Waals surface area contributed by atoms with E-state index < -0.39 is 22.0 Å². The number of hydrogen-bond donors (Lipinski definition) is 2. The van der Waals surface area contributed by atoms with Gasteiger partial charge in [0.2, 0.25) is 15.9 Å². The van der Waals surface area contributed by atoms with Crippen LogP contribution < -0.4 is 9.62 Å². The molecule has 0 saturated carbocycles. The van der Waals surface area contributed by atoms with Crippen molar-refractivity contribution in [3.63, 3.8) is 0 Å². The highest BCUT2D eigenvalue weighted by molar-refractivity contribution is 7.89. The third kappa shape index (κ3) is 4.38. The van der Waals surface area contributed by atoms with Crippen LogP contribution in [0.15, 0.2) is 23.1 Å². The lowest BCUT2D eigenvalue weighted by molar-refractivity contribution is -0.139. The standard InChI is InChI=1S/C17H24N2O5S/c1-4-16(20)19-8-7-12-10-13(5-6-15(12)19)25(23,24)18-14(17(21)22)9-11(2)3/h5-6,10-11,14,18H,4,7-9H2,1-3H3,(H,21,22)/t14-/m0/s1. The van der Waals surface area contributed by atoms with Crippen molar-refractivity contribution in [1.82, 2.24) is 4.72 Å². The van der Waals surface area contributed by atoms with Crippen LogP contribution >= 0.6 is 0 Å². The van der Waals surface area contributed by atoms with Crippen molar-refractivity contribution < 1.29 is 23.1 Å². The van der Waals surface area contributed by atoms with E-state index in [9.17, 15) is 23.1 Å². The molecule has 1 aromatic rings. The smallest absolute Gasteiger partial charge is 0.321 e. The highest BCUT2D eigenvalue weighted by Crippen LogP contribution is 2.30. The zero-order valence-electron chi connectivity index (χ0n) is 14.7. The average Bonchev–Trinajstić information content (AvgIpc) is 2.95. The van der Waals surface area contributed by atoms with Crippen molar-refractivity contribution in [3.05, 3.63) is 23.8 Å². The fourth-order valence-electron chi connectivity index (χ4n) is 2.92. The van der Waals surface area contributed by atoms with Gasteiger partial charge in [-0.1, -0.05) is 20.8 Å². The SMILES string of the molecule is CCC(=O)N1CCc2cc(S(=O)(=O)N[C@@H](CC(C)C)C(=O)O)ccc21. The molecule has 25 heavy (non-hydrogen) atoms. The van der Waals surface area contributed by atoms with Crippen LogP contribution in [0.3, 0.4) is 0 Å². The van der Waals surface area contributed by atoms with Gasteiger partial charge in [-0.15, -0.1) is 0 Å². The second-order valence-corrected chi connectivity index (χ2v) is 8.30. The first-order valence-corrected chi connectivity index (χ1v) is 9.82. The van der Waals surface area contributed by atoms with Crippen LogP contribution in [-0.4, -0.2) is 38.0 Å². The highest BCUT2D eigenvalue weighted by Gasteiger charge is 2.29. The van der Waals surface area contributed by atoms with Gasteiger partial charge in [0.15, 0.2) is 0 Å². The largest absolute Gasteiger partial charge is 0.480 e. The molecule has 1 aromatic carbocycles. The Morgan fingerprint density at radius 3 is 2.56 bits per heavy atom. The third-order valence-electron chi connectivity index (χ3n) is 4.16. The van der Waals surface area contributed by atoms with Crippen molar-refractivity contribution in [2.45, 2.75) is 51.0 Å². The summed E-state index contributed by atoms with van der Waals surface area (Å²) in [6.45, 7) is 5.98. The molecule has 8 heteroatoms. The minimum absolute atomic E-state index is 0.00430. The van der Waals surface area contributed by atoms with E-state index in [0.29, 0.717) is 19.4 Å². The van der Waals surface area contributed by atoms with Crippen LogP contribution in [0.4, 0.5) is 5.69 Å². The maximum atomic E-state index is 12.5. The number of carboxylic acid groups (broad SMARTS) is 1. The number of rotatable bonds is 7. The first-order valence-electron chi connectivity index (χ1n) is 8.34. The molecule has 2 N–H and O–H groups in total. The molecule has 2 rings (SSSR count). The molecule has 7 nitrogen and oxygen atoms in total. The minimum Gasteiger partial charge on any atom is -0.480 e. The molecule has 1 aliphatic heterocycles. The number of aliphatic carboxylic acids is 1. The van der Waals surface area contributed by atoms with Gasteiger partial charge in [-0.05, 0) is 42.5 Å². The predicted molar refractivity (Wildman–Crippen MR) is 94.0 cm³/mol. The van der Waals surface area contributed by atoms with E-state index in [-0.39, 0.29) is 23.1 Å². The molecular weight excluding hydrogens is 344 g/mol. The van der Waals surface area contributed by atoms with Gasteiger partial charge < -0.3 is 10.0 Å². The molecule has 0 unspecified atom stereocenters. The van der Waals surface area contributed by atoms with Crippen LogP contribution in [0.25, 0.3) is 0 Å². The quantitative estimate of drug-likeness (QED) is 0.763. The fraction of sp³-hybridized carbons (Fsp3) is 0.529. The summed E-state index contributed by atoms with van der Waals surface area (Å²) < 4.78 is 27.4. The number of nitrogens with one attached hydrogen (secondary N) is 1. The van der Waals surface area contributed by atoms with Gasteiger partial charge in [-0.25, -0.2) is 8.42 Å². The Labute approximate surface area is 148 Å². The van der Waals surface area contributed by atoms with Gasteiger partial charge in [-0.2, -0.15) is 4.72 Å². The highest BCUT2D eigenvalue weighted by atomic mass is 32.2. The molecular formula is C17H24N2O5S. The summed E-state index contributed by atoms with van der Waals surface area (Å²) in [5.74, 6) is -1.16. The second kappa shape index (κ2) is 7.53. The van der Waals surface area contributed by atoms with E-state index in [0.717, 1.165) is 11.3 Å². The number of nitrogens with zero attached hydrogens (tertiary/aromatic N) is 1. The summed E-state index contributed by atoms with van der Waals surface area (Å²) in [4.78, 5) is 24.9. The summed E-state index contributed by atoms with van der Waals surface area (Å²) in [6, 6.07) is 3.38. The molecule has 0 saturated heterocycles. The van der Waals surface area contributed by atoms with Crippen LogP contribution in [-0.2, 0) is 26.0 Å². The average molecular weight is 368 g/mol. The summed E-state index contributed by atoms with van der Waals surface area (Å²) >= 11 is 0. The van der Waals surface area contributed by atoms with Crippen LogP contribution in [0.5, 0.6) is 0 Å². The van der Waals surface area contributed by atoms with E-state index >= 15 is 0 Å². The Kier molecular flexibility index (Phi) is 5.84. The Hall–Kier alpha value is -1.93. The number of amides is 1. The van der Waals surface area contributed by atoms with Gasteiger partial charge in [0.05, 0.1) is 4.90 Å². The molecule has 0 bridgehead atoms. The van der Waals surface area contributed by atoms with E-state index in [2.05, 4.69) is 4.72 Å². The van der Waals surface area contributed by atoms with E-state index in [1.807, 2.05) is 13.8 Å². The second-order valence-electron chi connectivity index (χ2n) is 6.58. The van der Waals surface area contributed by atoms with Gasteiger partial charge in [-0.3, -0.25) is 9.59 Å². The number of carboxylic acids is 1. The summed E-state index contributed by atoms with van der Waals surface area (Å²) in [6.07, 6.45) is 1.17. The Morgan fingerprint density at radius 2 is 2.00 bits per heavy atom. The molecule has 1 aliphatic rings. The van der Waals surface area contributed by atoms with Gasteiger partial charge in [0.25, 0.3) is 0 Å². The fourth-order valence-corrected chi connectivity index (χ4v) is 4.17. The lowest BCUT2D eigenvalue weighted by Gasteiger charge is -2.18. The molecule has 0 radical (unpaired) electrons. The van der Waals surface area contributed by atoms with Gasteiger partial charge in [0, 0.05) is 18.7 Å². The zero-order chi connectivity index (χ0) is 18.8. The molecule has 1 heterocycles. The monoisotopic (exact) mass is 368 g/mol. The normalized spacial score (nSPS) is 15.3. The van der Waals surface area contributed by atoms with E-state index in [1.54, 1.807) is 17.9 Å². The summed E-state index contributed by atoms with van der Waals surface area (Å²) in [5, 5.41) is 9.24. The molecule has 0 aromatic heterocycles. The van der Waals surface area contributed by atoms with Crippen molar-refractivity contribution in [1.29, 1.82) is 0 Å². The maximum Gasteiger partial charge on any atom is 0.321 e. The molecule has 138 valence electrons. The first-order chi connectivity index (χ1) is 11.7. The Balaban J connectivity index is 2.26. The number of benzene rings is 1. The van der Waals surface area contributed by atoms with Gasteiger partial charge in [0.1, 0.15) is 6.04 Å². The number of carbonyl (C=O) groups excluding carboxylic acids is 1. The number of sulfonamides is 1. The molecule has 1 amide bonds. The predicted octanol–water partition coefficient (Wildman–Crippen LogP) is 1.76. The summed E-state index contributed by atoms with van der Waals surface area (Å²) in [7, 11) is -3.95. The topological polar surface area (TPSA) is 104 Å². The van der Waals surface area contributed by atoms with E-state index in [1.165, 1.54) is 12.1 Å². The number of hydrogen-bond acceptors (Lipinski definition) is 4. The summed E-state index contributed by atoms with van der Waals surface area (Å²) in [5.41, 5.74) is 1.50. The van der Waals surface area contributed by atoms with Crippen LogP contribution in [0.1, 0.15) is 39.2 Å². The van der Waals surface area contributed by atoms with Crippen LogP contribution in [0.2, 0.25) is 0 Å². The van der Waals surface area contributed by atoms with Crippen molar-refractivity contribution in [3.8, 4) is 0 Å². The molecule has 0 spiro atoms. The molecule has 0 aliphatic carbocycles. The van der Waals surface area contributed by atoms with Crippen LogP contribution in [0, 0.1) is 5.92 Å². The van der Waals surface area contributed by atoms with Crippen molar-refractivity contribution in [2.24, 2.45) is 5.92 Å². The number of fused-ring (bicyclic) bond motifs is 1. The minimum atomic E-state index is -3.95. The van der Waals surface area contributed by atoms with Gasteiger partial charge >= 0.3 is 5.97 Å².